The van der Waals surface area contributed by atoms with Crippen LogP contribution in [0.2, 0.25) is 0 Å². The molecule has 0 bridgehead atoms. The molecular formula is C85H66BBrN10O2. The molecule has 1 aliphatic rings. The number of para-hydroxylation sites is 6. The summed E-state index contributed by atoms with van der Waals surface area (Å²) in [6, 6.07) is 100. The maximum Gasteiger partial charge on any atom is 0.494 e. The van der Waals surface area contributed by atoms with Gasteiger partial charge in [-0.25, -0.2) is 29.9 Å². The van der Waals surface area contributed by atoms with Gasteiger partial charge in [-0.05, 0) is 129 Å². The first-order valence-corrected chi connectivity index (χ1v) is 33.6. The van der Waals surface area contributed by atoms with E-state index in [1.54, 1.807) is 0 Å². The van der Waals surface area contributed by atoms with E-state index in [0.717, 1.165) is 155 Å². The first-order valence-electron chi connectivity index (χ1n) is 32.8. The molecule has 1 saturated heterocycles. The van der Waals surface area contributed by atoms with Crippen LogP contribution in [-0.2, 0) is 9.31 Å². The van der Waals surface area contributed by atoms with Crippen molar-refractivity contribution in [3.8, 4) is 67.8 Å². The van der Waals surface area contributed by atoms with Gasteiger partial charge in [0.05, 0.1) is 44.7 Å². The van der Waals surface area contributed by atoms with E-state index in [-0.39, 0.29) is 25.7 Å². The number of aromatic nitrogens is 10. The lowest BCUT2D eigenvalue weighted by Crippen LogP contribution is -2.41. The fourth-order valence-electron chi connectivity index (χ4n) is 13.2. The Hall–Kier alpha value is -11.7. The highest BCUT2D eigenvalue weighted by Crippen LogP contribution is 2.39. The zero-order valence-electron chi connectivity index (χ0n) is 54.1. The molecule has 14 heteroatoms. The zero-order valence-corrected chi connectivity index (χ0v) is 55.7. The Morgan fingerprint density at radius 1 is 0.333 bits per heavy atom. The Bertz CT molecular complexity index is 5990. The van der Waals surface area contributed by atoms with E-state index in [1.807, 2.05) is 95.7 Å². The van der Waals surface area contributed by atoms with Crippen molar-refractivity contribution in [3.05, 3.63) is 308 Å². The molecule has 0 amide bonds. The predicted molar refractivity (Wildman–Crippen MR) is 409 cm³/mol. The number of hydrogen-bond donors (Lipinski definition) is 0. The second kappa shape index (κ2) is 25.4. The average Bonchev–Trinajstić information content (AvgIpc) is 1.71. The van der Waals surface area contributed by atoms with Gasteiger partial charge in [0.15, 0.2) is 11.3 Å². The summed E-state index contributed by atoms with van der Waals surface area (Å²) in [6.07, 6.45) is 4.04. The van der Waals surface area contributed by atoms with Crippen LogP contribution in [0.3, 0.4) is 0 Å². The quantitative estimate of drug-likeness (QED) is 0.138. The minimum Gasteiger partial charge on any atom is -0.399 e. The molecule has 1 fully saturated rings. The highest BCUT2D eigenvalue weighted by Gasteiger charge is 2.51. The van der Waals surface area contributed by atoms with E-state index >= 15 is 0 Å². The average molecular weight is 1350 g/mol. The highest BCUT2D eigenvalue weighted by atomic mass is 79.9. The van der Waals surface area contributed by atoms with Crippen LogP contribution in [0.5, 0.6) is 0 Å². The summed E-state index contributed by atoms with van der Waals surface area (Å²) in [5.74, 6) is 1.89. The fraction of sp³-hybridized carbons (Fsp3) is 0.0824. The van der Waals surface area contributed by atoms with Crippen molar-refractivity contribution >= 4 is 106 Å². The molecule has 18 aromatic rings. The Balaban J connectivity index is 0.000000122. The lowest BCUT2D eigenvalue weighted by Gasteiger charge is -2.32. The first-order chi connectivity index (χ1) is 48.0. The van der Waals surface area contributed by atoms with E-state index < -0.39 is 0 Å². The molecule has 1 aliphatic heterocycles. The Kier molecular flexibility index (Phi) is 15.9. The maximum atomic E-state index is 6.21. The van der Waals surface area contributed by atoms with Crippen molar-refractivity contribution in [2.45, 2.75) is 46.3 Å². The van der Waals surface area contributed by atoms with Crippen LogP contribution in [0.1, 0.15) is 35.1 Å². The summed E-state index contributed by atoms with van der Waals surface area (Å²) >= 11 is 3.49. The Morgan fingerprint density at radius 2 is 0.687 bits per heavy atom. The molecule has 9 heterocycles. The van der Waals surface area contributed by atoms with Crippen LogP contribution in [-0.4, -0.2) is 66.2 Å². The van der Waals surface area contributed by atoms with Gasteiger partial charge in [-0.15, -0.1) is 0 Å². The molecule has 99 heavy (non-hydrogen) atoms. The molecule has 0 unspecified atom stereocenters. The second-order valence-corrected chi connectivity index (χ2v) is 26.4. The Morgan fingerprint density at radius 3 is 1.13 bits per heavy atom. The normalized spacial score (nSPS) is 13.3. The van der Waals surface area contributed by atoms with Gasteiger partial charge in [0.2, 0.25) is 0 Å². The Labute approximate surface area is 581 Å². The molecule has 0 aliphatic carbocycles. The topological polar surface area (TPSA) is 114 Å². The minimum atomic E-state index is -0.375. The molecule has 19 rings (SSSR count). The van der Waals surface area contributed by atoms with Crippen molar-refractivity contribution in [2.75, 3.05) is 0 Å². The second-order valence-electron chi connectivity index (χ2n) is 25.5. The van der Waals surface area contributed by atoms with Crippen molar-refractivity contribution in [3.63, 3.8) is 0 Å². The fourth-order valence-corrected chi connectivity index (χ4v) is 13.5. The largest absolute Gasteiger partial charge is 0.494 e. The summed E-state index contributed by atoms with van der Waals surface area (Å²) in [6.45, 7) is 8.29. The number of nitrogens with zero attached hydrogens (tertiary/aromatic N) is 10. The van der Waals surface area contributed by atoms with Crippen LogP contribution in [0.4, 0.5) is 0 Å². The number of pyridine rings is 4. The molecule has 12 nitrogen and oxygen atoms in total. The third-order valence-electron chi connectivity index (χ3n) is 18.9. The molecular weight excluding hydrogens is 1280 g/mol. The SMILES string of the molecule is Brc1ccc(-c2nc3ccccc3n2-c2ccccc2)cc1.C.CC1(C)OB(c2ccc(-c3nc4c(nc5ccccn54)c4ccccc34)cc2)OC1(C)C.c1ccc(-n2c(-c3ccc(-c4ccc(-c5nc6c(nc7ccccn76)c6ccccc56)cc4)cc3)nc3ccccc32)cc1. The standard InChI is InChI=1S/C39H25N5.C26H24BN3O2.C19H13BrN2.CH4/c1-2-10-30(11-3-1)44-34-15-7-6-14-33(34)40-38(44)29-23-19-27(20-24-29)26-17-21-28(22-18-26)36-31-12-4-5-13-32(31)37-39(42-36)43-25-9-8-16-35(43)41-37;1-25(2)26(3,4)32-27(31-25)18-14-12-17(13-15-18)22-19-9-5-6-10-20(19)23-24(29-22)30-16-8-7-11-21(30)28-23;20-15-12-10-14(11-13-15)19-21-17-8-4-5-9-18(17)22(19)16-6-2-1-3-7-16;/h1-25H;5-16H,1-4H3;1-13H;1H4. The lowest BCUT2D eigenvalue weighted by molar-refractivity contribution is 0.00578. The van der Waals surface area contributed by atoms with Gasteiger partial charge in [-0.2, -0.15) is 0 Å². The van der Waals surface area contributed by atoms with Crippen LogP contribution < -0.4 is 5.46 Å². The number of hydrogen-bond acceptors (Lipinski definition) is 8. The van der Waals surface area contributed by atoms with Crippen LogP contribution in [0.15, 0.2) is 308 Å². The third-order valence-corrected chi connectivity index (χ3v) is 19.4. The molecule has 478 valence electrons. The summed E-state index contributed by atoms with van der Waals surface area (Å²) in [4.78, 5) is 29.8. The molecule has 0 radical (unpaired) electrons. The van der Waals surface area contributed by atoms with E-state index in [2.05, 4.69) is 269 Å². The van der Waals surface area contributed by atoms with Gasteiger partial charge in [0, 0.05) is 72.0 Å². The van der Waals surface area contributed by atoms with Crippen molar-refractivity contribution in [1.82, 2.24) is 47.8 Å². The molecule has 0 spiro atoms. The van der Waals surface area contributed by atoms with Gasteiger partial charge in [0.25, 0.3) is 0 Å². The van der Waals surface area contributed by atoms with Gasteiger partial charge in [-0.1, -0.05) is 230 Å². The number of fused-ring (bicyclic) bond motifs is 12. The van der Waals surface area contributed by atoms with Crippen LogP contribution in [0, 0.1) is 0 Å². The van der Waals surface area contributed by atoms with Gasteiger partial charge in [-0.3, -0.25) is 17.9 Å². The molecule has 8 aromatic heterocycles. The first kappa shape index (κ1) is 62.2. The molecule has 0 atom stereocenters. The smallest absolute Gasteiger partial charge is 0.399 e. The number of rotatable bonds is 8. The highest BCUT2D eigenvalue weighted by molar-refractivity contribution is 9.10. The molecule has 0 N–H and O–H groups in total. The number of halogens is 1. The van der Waals surface area contributed by atoms with E-state index in [1.165, 1.54) is 0 Å². The van der Waals surface area contributed by atoms with E-state index in [9.17, 15) is 0 Å². The minimum absolute atomic E-state index is 0. The van der Waals surface area contributed by atoms with Crippen molar-refractivity contribution in [1.29, 1.82) is 0 Å². The van der Waals surface area contributed by atoms with Crippen molar-refractivity contribution < 1.29 is 9.31 Å². The maximum absolute atomic E-state index is 6.21. The summed E-state index contributed by atoms with van der Waals surface area (Å²) < 4.78 is 22.0. The summed E-state index contributed by atoms with van der Waals surface area (Å²) in [7, 11) is -0.375. The van der Waals surface area contributed by atoms with E-state index in [0.29, 0.717) is 0 Å². The van der Waals surface area contributed by atoms with Gasteiger partial charge < -0.3 is 9.31 Å². The summed E-state index contributed by atoms with van der Waals surface area (Å²) in [5.41, 5.74) is 20.6. The number of imidazole rings is 4. The third kappa shape index (κ3) is 11.3. The van der Waals surface area contributed by atoms with Crippen molar-refractivity contribution in [2.24, 2.45) is 0 Å². The monoisotopic (exact) mass is 1350 g/mol. The zero-order chi connectivity index (χ0) is 66.1. The molecule has 0 saturated carbocycles. The summed E-state index contributed by atoms with van der Waals surface area (Å²) in [5, 5.41) is 4.40. The molecule has 10 aromatic carbocycles. The predicted octanol–water partition coefficient (Wildman–Crippen LogP) is 20.5. The van der Waals surface area contributed by atoms with Crippen LogP contribution in [0.25, 0.3) is 145 Å². The van der Waals surface area contributed by atoms with Crippen LogP contribution >= 0.6 is 15.9 Å². The lowest BCUT2D eigenvalue weighted by atomic mass is 9.78. The van der Waals surface area contributed by atoms with Gasteiger partial charge >= 0.3 is 7.12 Å². The van der Waals surface area contributed by atoms with E-state index in [4.69, 9.17) is 39.2 Å². The number of benzene rings is 10. The van der Waals surface area contributed by atoms with Gasteiger partial charge in [0.1, 0.15) is 34.0 Å².